The van der Waals surface area contributed by atoms with Gasteiger partial charge in [0.15, 0.2) is 5.60 Å². The fourth-order valence-corrected chi connectivity index (χ4v) is 6.45. The highest BCUT2D eigenvalue weighted by atomic mass is 16.6. The zero-order valence-corrected chi connectivity index (χ0v) is 24.8. The fourth-order valence-electron chi connectivity index (χ4n) is 6.45. The zero-order valence-electron chi connectivity index (χ0n) is 24.8. The zero-order chi connectivity index (χ0) is 28.4. The maximum atomic E-state index is 13.5. The number of nitrogens with zero attached hydrogens (tertiary/aromatic N) is 2. The quantitative estimate of drug-likeness (QED) is 0.145. The molecule has 0 spiro atoms. The number of ether oxygens (including phenoxy) is 1. The Hall–Kier alpha value is -3.18. The number of likely N-dealkylation sites (N-methyl/N-ethyl adjacent to an activating group) is 1. The van der Waals surface area contributed by atoms with Crippen LogP contribution in [0.1, 0.15) is 86.3 Å². The lowest BCUT2D eigenvalue weighted by Gasteiger charge is -2.39. The predicted octanol–water partition coefficient (Wildman–Crippen LogP) is 7.38. The number of esters is 1. The number of Topliss-reactive ketones (excluding diaryl/α,β-unsaturated/α-hetero) is 1. The lowest BCUT2D eigenvalue weighted by molar-refractivity contribution is -0.156. The summed E-state index contributed by atoms with van der Waals surface area (Å²) in [4.78, 5) is 28.9. The van der Waals surface area contributed by atoms with Crippen LogP contribution in [-0.4, -0.2) is 46.5 Å². The van der Waals surface area contributed by atoms with E-state index in [-0.39, 0.29) is 17.8 Å². The number of unbranched alkanes of at least 4 members (excludes halogenated alkanes) is 5. The van der Waals surface area contributed by atoms with Gasteiger partial charge in [-0.05, 0) is 63.4 Å². The predicted molar refractivity (Wildman–Crippen MR) is 163 cm³/mol. The van der Waals surface area contributed by atoms with Gasteiger partial charge in [0.2, 0.25) is 5.78 Å². The molecular weight excluding hydrogens is 496 g/mol. The summed E-state index contributed by atoms with van der Waals surface area (Å²) in [6, 6.07) is 14.2. The summed E-state index contributed by atoms with van der Waals surface area (Å²) >= 11 is 0. The molecule has 40 heavy (non-hydrogen) atoms. The van der Waals surface area contributed by atoms with Crippen molar-refractivity contribution in [3.8, 4) is 0 Å². The van der Waals surface area contributed by atoms with Gasteiger partial charge < -0.3 is 9.30 Å². The van der Waals surface area contributed by atoms with Crippen LogP contribution >= 0.6 is 0 Å². The fraction of sp³-hybridized carbons (Fsp3) is 0.486. The molecule has 2 heterocycles. The summed E-state index contributed by atoms with van der Waals surface area (Å²) in [6.07, 6.45) is 13.2. The van der Waals surface area contributed by atoms with Gasteiger partial charge in [-0.1, -0.05) is 87.1 Å². The second-order valence-corrected chi connectivity index (χ2v) is 12.3. The Labute approximate surface area is 239 Å². The Bertz CT molecular complexity index is 1410. The molecular formula is C35H44N2O3. The molecule has 0 bridgehead atoms. The highest BCUT2D eigenvalue weighted by molar-refractivity contribution is 6.03. The average Bonchev–Trinajstić information content (AvgIpc) is 3.29. The molecule has 2 atom stereocenters. The molecule has 2 aliphatic rings. The third kappa shape index (κ3) is 5.67. The number of carbonyl (C=O) groups excluding carboxylic acids is 2. The van der Waals surface area contributed by atoms with E-state index in [1.165, 1.54) is 66.1 Å². The molecule has 2 aromatic carbocycles. The summed E-state index contributed by atoms with van der Waals surface area (Å²) in [5.41, 5.74) is 5.52. The highest BCUT2D eigenvalue weighted by Crippen LogP contribution is 2.42. The summed E-state index contributed by atoms with van der Waals surface area (Å²) < 4.78 is 8.36. The third-order valence-corrected chi connectivity index (χ3v) is 8.74. The van der Waals surface area contributed by atoms with Crippen LogP contribution in [0.5, 0.6) is 0 Å². The standard InChI is InChI=1S/C35H44N2O3/c1-6-7-8-9-10-11-19-37-23-26-21-31-29(28-13-12-14-30(37)32(26)28)20-27(22-36(31)5)34(39)40-35(3,4)33(38)25-17-15-24(2)16-18-25/h12-18,20,23,27,31H,6-11,19,21-22H2,1-5H3/t27-,31-/m1/s1. The molecule has 0 amide bonds. The van der Waals surface area contributed by atoms with Gasteiger partial charge >= 0.3 is 5.97 Å². The molecule has 212 valence electrons. The minimum Gasteiger partial charge on any atom is -0.451 e. The second-order valence-electron chi connectivity index (χ2n) is 12.3. The number of aromatic nitrogens is 1. The van der Waals surface area contributed by atoms with E-state index in [4.69, 9.17) is 4.74 Å². The van der Waals surface area contributed by atoms with Gasteiger partial charge in [-0.15, -0.1) is 0 Å². The molecule has 3 aromatic rings. The van der Waals surface area contributed by atoms with Crippen molar-refractivity contribution in [1.29, 1.82) is 0 Å². The van der Waals surface area contributed by atoms with Crippen molar-refractivity contribution in [3.63, 3.8) is 0 Å². The van der Waals surface area contributed by atoms with Crippen molar-refractivity contribution in [2.75, 3.05) is 13.6 Å². The molecule has 0 saturated heterocycles. The maximum Gasteiger partial charge on any atom is 0.315 e. The van der Waals surface area contributed by atoms with Crippen LogP contribution in [0, 0.1) is 12.8 Å². The summed E-state index contributed by atoms with van der Waals surface area (Å²) in [6.45, 7) is 9.25. The Kier molecular flexibility index (Phi) is 8.32. The van der Waals surface area contributed by atoms with E-state index in [2.05, 4.69) is 53.9 Å². The molecule has 1 aliphatic heterocycles. The van der Waals surface area contributed by atoms with Gasteiger partial charge in [0, 0.05) is 41.8 Å². The van der Waals surface area contributed by atoms with Gasteiger partial charge in [-0.2, -0.15) is 0 Å². The summed E-state index contributed by atoms with van der Waals surface area (Å²) in [7, 11) is 2.10. The maximum absolute atomic E-state index is 13.5. The normalized spacial score (nSPS) is 18.9. The number of benzene rings is 2. The van der Waals surface area contributed by atoms with E-state index in [1.54, 1.807) is 26.0 Å². The molecule has 0 radical (unpaired) electrons. The molecule has 0 saturated carbocycles. The van der Waals surface area contributed by atoms with Crippen molar-refractivity contribution >= 4 is 28.2 Å². The summed E-state index contributed by atoms with van der Waals surface area (Å²) in [5, 5.41) is 1.33. The van der Waals surface area contributed by atoms with Crippen molar-refractivity contribution in [2.24, 2.45) is 5.92 Å². The van der Waals surface area contributed by atoms with Gasteiger partial charge in [-0.25, -0.2) is 0 Å². The molecule has 0 N–H and O–H groups in total. The van der Waals surface area contributed by atoms with Crippen LogP contribution in [0.3, 0.4) is 0 Å². The number of hydrogen-bond donors (Lipinski definition) is 0. The second kappa shape index (κ2) is 11.7. The third-order valence-electron chi connectivity index (χ3n) is 8.74. The first kappa shape index (κ1) is 28.4. The van der Waals surface area contributed by atoms with E-state index < -0.39 is 11.5 Å². The highest BCUT2D eigenvalue weighted by Gasteiger charge is 2.39. The van der Waals surface area contributed by atoms with Crippen LogP contribution in [0.15, 0.2) is 54.7 Å². The van der Waals surface area contributed by atoms with E-state index in [9.17, 15) is 9.59 Å². The Morgan fingerprint density at radius 1 is 1.00 bits per heavy atom. The van der Waals surface area contributed by atoms with E-state index >= 15 is 0 Å². The minimum atomic E-state index is -1.24. The van der Waals surface area contributed by atoms with Gasteiger partial charge in [-0.3, -0.25) is 14.5 Å². The molecule has 5 nitrogen and oxygen atoms in total. The van der Waals surface area contributed by atoms with Crippen LogP contribution < -0.4 is 0 Å². The number of ketones is 1. The first-order valence-electron chi connectivity index (χ1n) is 15.1. The lowest BCUT2D eigenvalue weighted by atomic mass is 9.80. The van der Waals surface area contributed by atoms with Gasteiger partial charge in [0.05, 0.1) is 5.92 Å². The van der Waals surface area contributed by atoms with Gasteiger partial charge in [0.1, 0.15) is 0 Å². The topological polar surface area (TPSA) is 51.5 Å². The monoisotopic (exact) mass is 540 g/mol. The number of aryl methyl sites for hydroxylation is 2. The molecule has 1 aliphatic carbocycles. The van der Waals surface area contributed by atoms with Gasteiger partial charge in [0.25, 0.3) is 0 Å². The molecule has 1 aromatic heterocycles. The van der Waals surface area contributed by atoms with Crippen LogP contribution in [-0.2, 0) is 22.5 Å². The summed E-state index contributed by atoms with van der Waals surface area (Å²) in [5.74, 6) is -0.959. The minimum absolute atomic E-state index is 0.186. The van der Waals surface area contributed by atoms with E-state index in [0.717, 1.165) is 18.5 Å². The Balaban J connectivity index is 1.35. The van der Waals surface area contributed by atoms with Crippen molar-refractivity contribution in [3.05, 3.63) is 77.0 Å². The number of rotatable bonds is 11. The number of carbonyl (C=O) groups is 2. The Morgan fingerprint density at radius 2 is 1.73 bits per heavy atom. The van der Waals surface area contributed by atoms with Crippen molar-refractivity contribution in [2.45, 2.75) is 90.8 Å². The first-order chi connectivity index (χ1) is 19.2. The molecule has 0 fully saturated rings. The van der Waals surface area contributed by atoms with Crippen molar-refractivity contribution < 1.29 is 14.3 Å². The van der Waals surface area contributed by atoms with E-state index in [0.29, 0.717) is 12.1 Å². The smallest absolute Gasteiger partial charge is 0.315 e. The Morgan fingerprint density at radius 3 is 2.48 bits per heavy atom. The molecule has 0 unspecified atom stereocenters. The molecule has 5 rings (SSSR count). The average molecular weight is 541 g/mol. The van der Waals surface area contributed by atoms with E-state index in [1.807, 2.05) is 19.1 Å². The van der Waals surface area contributed by atoms with Crippen LogP contribution in [0.4, 0.5) is 0 Å². The van der Waals surface area contributed by atoms with Crippen LogP contribution in [0.2, 0.25) is 0 Å². The largest absolute Gasteiger partial charge is 0.451 e. The number of fused-ring (bicyclic) bond motifs is 2. The first-order valence-corrected chi connectivity index (χ1v) is 15.1. The molecule has 5 heteroatoms. The number of hydrogen-bond acceptors (Lipinski definition) is 4. The van der Waals surface area contributed by atoms with Crippen LogP contribution in [0.25, 0.3) is 16.5 Å². The lowest BCUT2D eigenvalue weighted by Crippen LogP contribution is -2.46. The van der Waals surface area contributed by atoms with Crippen molar-refractivity contribution in [1.82, 2.24) is 9.47 Å². The SMILES string of the molecule is CCCCCCCCn1cc2c3c(cccc31)C1=C[C@@H](C(=O)OC(C)(C)C(=O)c3ccc(C)cc3)CN(C)[C@@H]1C2.